The van der Waals surface area contributed by atoms with E-state index in [1.54, 1.807) is 71.0 Å². The molecule has 370 valence electrons. The fourth-order valence-corrected chi connectivity index (χ4v) is 10.2. The predicted molar refractivity (Wildman–Crippen MR) is 240 cm³/mol. The van der Waals surface area contributed by atoms with Crippen molar-refractivity contribution in [1.29, 1.82) is 0 Å². The number of ketones is 1. The second-order valence-corrected chi connectivity index (χ2v) is 19.9. The summed E-state index contributed by atoms with van der Waals surface area (Å²) in [5.74, 6) is -5.45. The highest BCUT2D eigenvalue weighted by Gasteiger charge is 2.78. The minimum absolute atomic E-state index is 0.0424. The van der Waals surface area contributed by atoms with E-state index in [4.69, 9.17) is 37.9 Å². The maximum atomic E-state index is 15.9. The van der Waals surface area contributed by atoms with Crippen LogP contribution in [0.25, 0.3) is 0 Å². The van der Waals surface area contributed by atoms with Gasteiger partial charge in [0.15, 0.2) is 23.6 Å². The first kappa shape index (κ1) is 51.6. The summed E-state index contributed by atoms with van der Waals surface area (Å²) in [4.78, 5) is 84.7. The number of alkyl carbamates (subject to hydrolysis) is 1. The number of carbonyl (C=O) groups is 6. The van der Waals surface area contributed by atoms with Crippen LogP contribution in [-0.4, -0.2) is 124 Å². The number of Topliss-reactive ketones (excluding diaryl/α,β-unsaturated/α-hetero) is 1. The molecular formula is C50H63NO17. The number of benzene rings is 2. The molecule has 6 rings (SSSR count). The van der Waals surface area contributed by atoms with Crippen molar-refractivity contribution in [3.63, 3.8) is 0 Å². The van der Waals surface area contributed by atoms with Gasteiger partial charge in [0.1, 0.15) is 41.9 Å². The van der Waals surface area contributed by atoms with Crippen LogP contribution in [0.2, 0.25) is 0 Å². The van der Waals surface area contributed by atoms with Gasteiger partial charge in [-0.3, -0.25) is 9.59 Å². The van der Waals surface area contributed by atoms with Gasteiger partial charge in [-0.2, -0.15) is 0 Å². The molecule has 1 heterocycles. The number of fused-ring (bicyclic) bond motifs is 5. The number of hydrogen-bond acceptors (Lipinski definition) is 17. The molecule has 0 unspecified atom stereocenters. The summed E-state index contributed by atoms with van der Waals surface area (Å²) >= 11 is 0. The van der Waals surface area contributed by atoms with E-state index in [2.05, 4.69) is 5.32 Å². The number of aliphatic hydroxyl groups excluding tert-OH is 2. The van der Waals surface area contributed by atoms with Crippen molar-refractivity contribution in [1.82, 2.24) is 5.32 Å². The Morgan fingerprint density at radius 2 is 1.65 bits per heavy atom. The van der Waals surface area contributed by atoms with Gasteiger partial charge in [0.05, 0.1) is 42.8 Å². The summed E-state index contributed by atoms with van der Waals surface area (Å²) in [5, 5.41) is 40.2. The average Bonchev–Trinajstić information content (AvgIpc) is 3.25. The van der Waals surface area contributed by atoms with E-state index in [9.17, 15) is 39.3 Å². The summed E-state index contributed by atoms with van der Waals surface area (Å²) in [6.45, 7) is 14.6. The van der Waals surface area contributed by atoms with Crippen LogP contribution in [0, 0.1) is 16.7 Å². The lowest BCUT2D eigenvalue weighted by molar-refractivity contribution is -0.346. The van der Waals surface area contributed by atoms with Gasteiger partial charge < -0.3 is 58.5 Å². The molecule has 1 saturated heterocycles. The number of rotatable bonds is 12. The minimum atomic E-state index is -2.49. The first-order valence-corrected chi connectivity index (χ1v) is 22.4. The number of amides is 1. The molecule has 3 aliphatic carbocycles. The molecule has 0 spiro atoms. The number of aliphatic hydroxyl groups is 3. The van der Waals surface area contributed by atoms with Crippen molar-refractivity contribution in [2.45, 2.75) is 148 Å². The topological polar surface area (TPSA) is 249 Å². The first-order chi connectivity index (χ1) is 31.7. The molecule has 2 bridgehead atoms. The second-order valence-electron chi connectivity index (χ2n) is 19.9. The fraction of sp³-hybridized carbons (Fsp3) is 0.560. The van der Waals surface area contributed by atoms with Crippen LogP contribution < -0.4 is 10.1 Å². The molecule has 2 aromatic rings. The molecule has 18 nitrogen and oxygen atoms in total. The molecule has 68 heavy (non-hydrogen) atoms. The Labute approximate surface area is 395 Å². The van der Waals surface area contributed by atoms with Crippen molar-refractivity contribution in [2.75, 3.05) is 13.7 Å². The van der Waals surface area contributed by atoms with Crippen molar-refractivity contribution < 1.29 is 82.0 Å². The van der Waals surface area contributed by atoms with Crippen molar-refractivity contribution in [3.05, 3.63) is 88.5 Å². The van der Waals surface area contributed by atoms with Gasteiger partial charge in [-0.25, -0.2) is 19.2 Å². The van der Waals surface area contributed by atoms with Gasteiger partial charge in [-0.15, -0.1) is 0 Å². The summed E-state index contributed by atoms with van der Waals surface area (Å²) in [7, 11) is 1.40. The molecule has 0 radical (unpaired) electrons. The van der Waals surface area contributed by atoms with Crippen LogP contribution in [0.4, 0.5) is 9.59 Å². The molecule has 2 saturated carbocycles. The summed E-state index contributed by atoms with van der Waals surface area (Å²) in [5.41, 5.74) is -8.09. The zero-order valence-electron chi connectivity index (χ0n) is 40.3. The van der Waals surface area contributed by atoms with Crippen molar-refractivity contribution in [3.8, 4) is 5.75 Å². The van der Waals surface area contributed by atoms with Crippen LogP contribution in [0.3, 0.4) is 0 Å². The summed E-state index contributed by atoms with van der Waals surface area (Å²) in [6, 6.07) is 13.2. The Morgan fingerprint density at radius 1 is 0.971 bits per heavy atom. The van der Waals surface area contributed by atoms with E-state index in [0.717, 1.165) is 6.92 Å². The highest BCUT2D eigenvalue weighted by Crippen LogP contribution is 2.64. The lowest BCUT2D eigenvalue weighted by Gasteiger charge is -2.67. The number of nitrogens with one attached hydrogen (secondary N) is 1. The SMILES string of the molecule is COc1cccc(C(=O)O[C@H]2[C@@H]3[C@]4(OC(C)=O)CO[C@@H]4C[C@H](O)[C@@]3(C)C(=O)[C@H](OC(=O)OCc3ccccc3)C3=C(C)[C@@H](OC(=O)[C@H](O)[C@H](C=C(C)C)NC(=O)OC(C)(C)C)C[C@]2(O)C3(C)C)c1. The number of methoxy groups -OCH3 is 1. The van der Waals surface area contributed by atoms with Gasteiger partial charge in [-0.05, 0) is 83.4 Å². The second kappa shape index (κ2) is 19.3. The van der Waals surface area contributed by atoms with E-state index >= 15 is 4.79 Å². The number of hydrogen-bond donors (Lipinski definition) is 4. The van der Waals surface area contributed by atoms with Gasteiger partial charge in [0, 0.05) is 25.2 Å². The Balaban J connectivity index is 1.56. The van der Waals surface area contributed by atoms with Gasteiger partial charge in [-0.1, -0.05) is 61.9 Å². The number of esters is 3. The average molecular weight is 950 g/mol. The van der Waals surface area contributed by atoms with Crippen LogP contribution in [0.1, 0.15) is 98.0 Å². The number of ether oxygens (including phenoxy) is 8. The van der Waals surface area contributed by atoms with E-state index in [1.807, 2.05) is 0 Å². The summed E-state index contributed by atoms with van der Waals surface area (Å²) < 4.78 is 46.8. The van der Waals surface area contributed by atoms with Crippen LogP contribution in [0.15, 0.2) is 77.4 Å². The lowest BCUT2D eigenvalue weighted by Crippen LogP contribution is -2.82. The Bertz CT molecular complexity index is 2350. The predicted octanol–water partition coefficient (Wildman–Crippen LogP) is 5.22. The van der Waals surface area contributed by atoms with E-state index in [1.165, 1.54) is 59.1 Å². The van der Waals surface area contributed by atoms with Crippen LogP contribution in [0.5, 0.6) is 5.75 Å². The maximum absolute atomic E-state index is 15.9. The smallest absolute Gasteiger partial charge is 0.497 e. The van der Waals surface area contributed by atoms with E-state index in [0.29, 0.717) is 11.1 Å². The van der Waals surface area contributed by atoms with Crippen LogP contribution in [-0.2, 0) is 54.1 Å². The molecule has 3 fully saturated rings. The Kier molecular flexibility index (Phi) is 14.6. The van der Waals surface area contributed by atoms with E-state index in [-0.39, 0.29) is 42.1 Å². The monoisotopic (exact) mass is 949 g/mol. The third kappa shape index (κ3) is 9.73. The van der Waals surface area contributed by atoms with Crippen LogP contribution >= 0.6 is 0 Å². The van der Waals surface area contributed by atoms with Gasteiger partial charge >= 0.3 is 30.2 Å². The third-order valence-corrected chi connectivity index (χ3v) is 13.6. The molecule has 1 amide bonds. The molecule has 0 aromatic heterocycles. The highest BCUT2D eigenvalue weighted by molar-refractivity contribution is 5.95. The zero-order valence-corrected chi connectivity index (χ0v) is 40.3. The van der Waals surface area contributed by atoms with E-state index < -0.39 is 119 Å². The molecule has 4 aliphatic rings. The zero-order chi connectivity index (χ0) is 50.3. The maximum Gasteiger partial charge on any atom is 0.509 e. The minimum Gasteiger partial charge on any atom is -0.497 e. The van der Waals surface area contributed by atoms with Gasteiger partial charge in [0.25, 0.3) is 0 Å². The van der Waals surface area contributed by atoms with Gasteiger partial charge in [0.2, 0.25) is 0 Å². The number of carbonyl (C=O) groups excluding carboxylic acids is 6. The number of allylic oxidation sites excluding steroid dienone is 1. The summed E-state index contributed by atoms with van der Waals surface area (Å²) in [6.07, 6.45) is -12.0. The normalized spacial score (nSPS) is 30.2. The first-order valence-electron chi connectivity index (χ1n) is 22.4. The molecule has 4 N–H and O–H groups in total. The standard InChI is InChI=1S/C50H63NO17/c1-26(2)20-32(51-44(58)68-46(5,6)7)37(54)43(57)64-33-23-50(60)41(66-42(56)30-18-15-19-31(21-30)61-11)39-48(10,34(53)22-35-49(39,25-63-35)67-28(4)52)40(55)38(36(27(33)3)47(50,8)9)65-45(59)62-24-29-16-13-12-14-17-29/h12-21,32-35,37-39,41,53-54,60H,22-25H2,1-11H3,(H,51,58)/t32-,33-,34-,35+,37+,38+,39-,41-,48+,49-,50+/m0/s1. The van der Waals surface area contributed by atoms with Crippen molar-refractivity contribution >= 4 is 35.9 Å². The molecule has 18 heteroatoms. The Morgan fingerprint density at radius 3 is 2.24 bits per heavy atom. The van der Waals surface area contributed by atoms with Crippen molar-refractivity contribution in [2.24, 2.45) is 16.7 Å². The quantitative estimate of drug-likeness (QED) is 0.121. The molecular weight excluding hydrogens is 887 g/mol. The fourth-order valence-electron chi connectivity index (χ4n) is 10.2. The largest absolute Gasteiger partial charge is 0.509 e. The molecule has 1 aliphatic heterocycles. The molecule has 2 aromatic carbocycles. The highest BCUT2D eigenvalue weighted by atomic mass is 16.7. The Hall–Kier alpha value is -5.82. The lowest BCUT2D eigenvalue weighted by atomic mass is 9.44. The third-order valence-electron chi connectivity index (χ3n) is 13.6. The molecule has 11 atom stereocenters.